The fraction of sp³-hybridized carbons (Fsp3) is 0.0741. The minimum absolute atomic E-state index is 0.736. The number of para-hydroxylation sites is 1. The molecule has 150 valence electrons. The Balaban J connectivity index is 1.44. The summed E-state index contributed by atoms with van der Waals surface area (Å²) in [6.07, 6.45) is 13.4. The molecule has 0 unspecified atom stereocenters. The monoisotopic (exact) mass is 419 g/mol. The van der Waals surface area contributed by atoms with Crippen molar-refractivity contribution in [1.29, 1.82) is 0 Å². The molecule has 3 aromatic carbocycles. The van der Waals surface area contributed by atoms with E-state index in [-0.39, 0.29) is 0 Å². The lowest BCUT2D eigenvalue weighted by molar-refractivity contribution is 0.623. The standard InChI is InChI=1S/C27H21N3S/c1-2-19-7-3-4-8-22(19)27(29)17-15-26(28,16-18-27)21-13-11-20(12-14-21)25-30-23-9-5-6-10-24(23)31-25/h1,3-18H,28-29H2. The summed E-state index contributed by atoms with van der Waals surface area (Å²) in [7, 11) is 0. The molecule has 0 fully saturated rings. The lowest BCUT2D eigenvalue weighted by atomic mass is 9.77. The third-order valence-electron chi connectivity index (χ3n) is 5.74. The summed E-state index contributed by atoms with van der Waals surface area (Å²) >= 11 is 1.69. The Morgan fingerprint density at radius 2 is 1.42 bits per heavy atom. The first-order chi connectivity index (χ1) is 15.0. The molecule has 0 saturated heterocycles. The fourth-order valence-corrected chi connectivity index (χ4v) is 4.89. The molecule has 1 aromatic heterocycles. The van der Waals surface area contributed by atoms with Crippen LogP contribution in [0, 0.1) is 12.3 Å². The molecular formula is C27H21N3S. The largest absolute Gasteiger partial charge is 0.315 e. The maximum Gasteiger partial charge on any atom is 0.124 e. The Bertz CT molecular complexity index is 1320. The van der Waals surface area contributed by atoms with Crippen LogP contribution in [-0.4, -0.2) is 4.98 Å². The average molecular weight is 420 g/mol. The first kappa shape index (κ1) is 19.5. The summed E-state index contributed by atoms with van der Waals surface area (Å²) in [4.78, 5) is 4.74. The van der Waals surface area contributed by atoms with E-state index in [2.05, 4.69) is 36.3 Å². The quantitative estimate of drug-likeness (QED) is 0.360. The maximum absolute atomic E-state index is 6.72. The van der Waals surface area contributed by atoms with Gasteiger partial charge in [0.2, 0.25) is 0 Å². The van der Waals surface area contributed by atoms with E-state index in [4.69, 9.17) is 22.9 Å². The Hall–Kier alpha value is -3.49. The Morgan fingerprint density at radius 3 is 2.13 bits per heavy atom. The lowest BCUT2D eigenvalue weighted by Gasteiger charge is -2.33. The van der Waals surface area contributed by atoms with Crippen LogP contribution in [0.15, 0.2) is 97.1 Å². The zero-order valence-electron chi connectivity index (χ0n) is 16.8. The number of fused-ring (bicyclic) bond motifs is 1. The molecule has 4 aromatic rings. The van der Waals surface area contributed by atoms with E-state index in [1.807, 2.05) is 66.8 Å². The van der Waals surface area contributed by atoms with Crippen molar-refractivity contribution in [1.82, 2.24) is 4.98 Å². The van der Waals surface area contributed by atoms with E-state index in [9.17, 15) is 0 Å². The smallest absolute Gasteiger partial charge is 0.124 e. The SMILES string of the molecule is C#Cc1ccccc1C1(N)C=CC(N)(c2ccc(-c3nc4ccccc4s3)cc2)C=C1. The van der Waals surface area contributed by atoms with Crippen LogP contribution in [0.4, 0.5) is 0 Å². The Kier molecular flexibility index (Phi) is 4.60. The van der Waals surface area contributed by atoms with Crippen molar-refractivity contribution in [2.45, 2.75) is 11.1 Å². The maximum atomic E-state index is 6.72. The van der Waals surface area contributed by atoms with Crippen LogP contribution in [0.25, 0.3) is 20.8 Å². The van der Waals surface area contributed by atoms with Gasteiger partial charge in [-0.05, 0) is 29.3 Å². The number of nitrogens with zero attached hydrogens (tertiary/aromatic N) is 1. The Morgan fingerprint density at radius 1 is 0.774 bits per heavy atom. The minimum Gasteiger partial charge on any atom is -0.315 e. The zero-order chi connectivity index (χ0) is 21.5. The van der Waals surface area contributed by atoms with E-state index in [1.54, 1.807) is 11.3 Å². The molecule has 0 saturated carbocycles. The third-order valence-corrected chi connectivity index (χ3v) is 6.83. The summed E-state index contributed by atoms with van der Waals surface area (Å²) in [6.45, 7) is 0. The summed E-state index contributed by atoms with van der Waals surface area (Å²) < 4.78 is 1.18. The Labute approximate surface area is 185 Å². The second kappa shape index (κ2) is 7.33. The van der Waals surface area contributed by atoms with Crippen molar-refractivity contribution >= 4 is 21.6 Å². The van der Waals surface area contributed by atoms with Gasteiger partial charge in [-0.3, -0.25) is 0 Å². The summed E-state index contributed by atoms with van der Waals surface area (Å²) in [6, 6.07) is 24.1. The van der Waals surface area contributed by atoms with Crippen LogP contribution >= 0.6 is 11.3 Å². The van der Waals surface area contributed by atoms with Crippen LogP contribution in [0.5, 0.6) is 0 Å². The van der Waals surface area contributed by atoms with Gasteiger partial charge in [0.25, 0.3) is 0 Å². The summed E-state index contributed by atoms with van der Waals surface area (Å²) in [5, 5.41) is 1.00. The fourth-order valence-electron chi connectivity index (χ4n) is 3.92. The molecule has 1 aliphatic rings. The highest BCUT2D eigenvalue weighted by Crippen LogP contribution is 2.35. The van der Waals surface area contributed by atoms with Crippen LogP contribution in [0.2, 0.25) is 0 Å². The van der Waals surface area contributed by atoms with Gasteiger partial charge in [0.15, 0.2) is 0 Å². The first-order valence-electron chi connectivity index (χ1n) is 10.0. The van der Waals surface area contributed by atoms with Gasteiger partial charge < -0.3 is 11.5 Å². The third kappa shape index (κ3) is 3.39. The van der Waals surface area contributed by atoms with E-state index < -0.39 is 11.1 Å². The number of hydrogen-bond acceptors (Lipinski definition) is 4. The van der Waals surface area contributed by atoms with Gasteiger partial charge in [0, 0.05) is 11.1 Å². The number of hydrogen-bond donors (Lipinski definition) is 2. The number of rotatable bonds is 3. The van der Waals surface area contributed by atoms with Crippen LogP contribution in [0.1, 0.15) is 16.7 Å². The molecule has 5 rings (SSSR count). The topological polar surface area (TPSA) is 64.9 Å². The van der Waals surface area contributed by atoms with Crippen molar-refractivity contribution in [2.75, 3.05) is 0 Å². The van der Waals surface area contributed by atoms with Crippen molar-refractivity contribution in [2.24, 2.45) is 11.5 Å². The highest BCUT2D eigenvalue weighted by atomic mass is 32.1. The van der Waals surface area contributed by atoms with Crippen molar-refractivity contribution in [3.8, 4) is 22.9 Å². The van der Waals surface area contributed by atoms with Crippen LogP contribution < -0.4 is 11.5 Å². The van der Waals surface area contributed by atoms with E-state index in [0.29, 0.717) is 0 Å². The molecule has 0 aliphatic heterocycles. The number of thiazole rings is 1. The van der Waals surface area contributed by atoms with Gasteiger partial charge in [0.1, 0.15) is 5.01 Å². The summed E-state index contributed by atoms with van der Waals surface area (Å²) in [5.41, 5.74) is 16.6. The van der Waals surface area contributed by atoms with Crippen molar-refractivity contribution in [3.63, 3.8) is 0 Å². The van der Waals surface area contributed by atoms with Crippen molar-refractivity contribution in [3.05, 3.63) is 114 Å². The van der Waals surface area contributed by atoms with Gasteiger partial charge in [-0.25, -0.2) is 4.98 Å². The number of benzene rings is 3. The zero-order valence-corrected chi connectivity index (χ0v) is 17.6. The predicted molar refractivity (Wildman–Crippen MR) is 129 cm³/mol. The second-order valence-corrected chi connectivity index (χ2v) is 8.82. The predicted octanol–water partition coefficient (Wildman–Crippen LogP) is 5.08. The molecule has 0 bridgehead atoms. The van der Waals surface area contributed by atoms with E-state index in [0.717, 1.165) is 32.8 Å². The molecular weight excluding hydrogens is 398 g/mol. The highest BCUT2D eigenvalue weighted by Gasteiger charge is 2.32. The molecule has 1 aliphatic carbocycles. The molecule has 1 heterocycles. The van der Waals surface area contributed by atoms with Gasteiger partial charge in [-0.15, -0.1) is 17.8 Å². The molecule has 31 heavy (non-hydrogen) atoms. The number of nitrogens with two attached hydrogens (primary N) is 2. The van der Waals surface area contributed by atoms with Gasteiger partial charge in [0.05, 0.1) is 21.3 Å². The molecule has 0 radical (unpaired) electrons. The normalized spacial score (nSPS) is 22.5. The number of aromatic nitrogens is 1. The lowest BCUT2D eigenvalue weighted by Crippen LogP contribution is -2.41. The van der Waals surface area contributed by atoms with Gasteiger partial charge >= 0.3 is 0 Å². The molecule has 4 N–H and O–H groups in total. The first-order valence-corrected chi connectivity index (χ1v) is 10.8. The minimum atomic E-state index is -0.785. The van der Waals surface area contributed by atoms with E-state index in [1.165, 1.54) is 4.70 Å². The molecule has 0 amide bonds. The van der Waals surface area contributed by atoms with Crippen LogP contribution in [0.3, 0.4) is 0 Å². The molecule has 0 atom stereocenters. The second-order valence-electron chi connectivity index (χ2n) is 7.79. The average Bonchev–Trinajstić information content (AvgIpc) is 3.26. The molecule has 3 nitrogen and oxygen atoms in total. The van der Waals surface area contributed by atoms with E-state index >= 15 is 0 Å². The van der Waals surface area contributed by atoms with Crippen molar-refractivity contribution < 1.29 is 0 Å². The molecule has 0 spiro atoms. The molecule has 4 heteroatoms. The van der Waals surface area contributed by atoms with Gasteiger partial charge in [-0.1, -0.05) is 84.8 Å². The van der Waals surface area contributed by atoms with Crippen LogP contribution in [-0.2, 0) is 11.1 Å². The summed E-state index contributed by atoms with van der Waals surface area (Å²) in [5.74, 6) is 2.72. The number of terminal acetylenes is 1. The van der Waals surface area contributed by atoms with Gasteiger partial charge in [-0.2, -0.15) is 0 Å². The highest BCUT2D eigenvalue weighted by molar-refractivity contribution is 7.21.